The summed E-state index contributed by atoms with van der Waals surface area (Å²) in [6.07, 6.45) is 1.71. The molecule has 0 spiro atoms. The van der Waals surface area contributed by atoms with E-state index in [1.165, 1.54) is 11.8 Å². The number of hydrogen-bond acceptors (Lipinski definition) is 7. The van der Waals surface area contributed by atoms with Gasteiger partial charge in [-0.15, -0.1) is 0 Å². The van der Waals surface area contributed by atoms with Crippen molar-refractivity contribution in [3.05, 3.63) is 112 Å². The number of benzene rings is 2. The van der Waals surface area contributed by atoms with E-state index in [1.807, 2.05) is 77.9 Å². The molecule has 0 saturated carbocycles. The first-order valence-corrected chi connectivity index (χ1v) is 13.0. The number of amides is 1. The Morgan fingerprint density at radius 3 is 2.57 bits per heavy atom. The van der Waals surface area contributed by atoms with Gasteiger partial charge in [0.1, 0.15) is 5.76 Å². The molecule has 8 heteroatoms. The van der Waals surface area contributed by atoms with Crippen LogP contribution in [0.1, 0.15) is 41.8 Å². The molecule has 2 aliphatic rings. The van der Waals surface area contributed by atoms with Gasteiger partial charge in [0, 0.05) is 11.3 Å². The lowest BCUT2D eigenvalue weighted by atomic mass is 9.91. The fourth-order valence-electron chi connectivity index (χ4n) is 4.38. The van der Waals surface area contributed by atoms with E-state index in [9.17, 15) is 9.59 Å². The number of carbonyl (C=O) groups excluding carboxylic acids is 2. The van der Waals surface area contributed by atoms with Crippen molar-refractivity contribution >= 4 is 34.5 Å². The molecule has 1 aromatic heterocycles. The van der Waals surface area contributed by atoms with E-state index in [1.54, 1.807) is 19.3 Å². The Labute approximate surface area is 219 Å². The third kappa shape index (κ3) is 5.24. The zero-order valence-electron chi connectivity index (χ0n) is 20.6. The minimum atomic E-state index is -0.499. The Hall–Kier alpha value is -4.04. The molecule has 37 heavy (non-hydrogen) atoms. The lowest BCUT2D eigenvalue weighted by Crippen LogP contribution is -2.38. The predicted molar refractivity (Wildman–Crippen MR) is 144 cm³/mol. The number of rotatable bonds is 8. The van der Waals surface area contributed by atoms with E-state index in [-0.39, 0.29) is 18.9 Å². The Balaban J connectivity index is 1.54. The van der Waals surface area contributed by atoms with Gasteiger partial charge in [-0.05, 0) is 37.0 Å². The lowest BCUT2D eigenvalue weighted by molar-refractivity contribution is -0.139. The van der Waals surface area contributed by atoms with Crippen LogP contribution in [0.3, 0.4) is 0 Å². The molecule has 1 atom stereocenters. The zero-order chi connectivity index (χ0) is 25.8. The lowest BCUT2D eigenvalue weighted by Gasteiger charge is -2.36. The van der Waals surface area contributed by atoms with Gasteiger partial charge in [-0.2, -0.15) is 0 Å². The van der Waals surface area contributed by atoms with E-state index in [0.717, 1.165) is 22.4 Å². The van der Waals surface area contributed by atoms with Gasteiger partial charge in [0.05, 0.1) is 43.1 Å². The number of thioether (sulfide) groups is 1. The first-order valence-electron chi connectivity index (χ1n) is 12.1. The van der Waals surface area contributed by atoms with Gasteiger partial charge >= 0.3 is 5.97 Å². The van der Waals surface area contributed by atoms with Crippen LogP contribution in [-0.2, 0) is 20.9 Å². The zero-order valence-corrected chi connectivity index (χ0v) is 21.5. The van der Waals surface area contributed by atoms with Crippen molar-refractivity contribution < 1.29 is 18.7 Å². The average Bonchev–Trinajstić information content (AvgIpc) is 3.58. The first-order chi connectivity index (χ1) is 18.0. The molecule has 1 amide bonds. The topological polar surface area (TPSA) is 84.1 Å². The minimum absolute atomic E-state index is 0.131. The number of nitrogens with zero attached hydrogens (tertiary/aromatic N) is 2. The van der Waals surface area contributed by atoms with Gasteiger partial charge in [-0.3, -0.25) is 4.79 Å². The van der Waals surface area contributed by atoms with Crippen molar-refractivity contribution in [2.75, 3.05) is 6.61 Å². The SMILES string of the molecule is CCOC(=O)C1=C(c2ccccc2)N=C2SC=C(CC(=O)NCc3ccco3)N2[C@H]1c1ccc(C)cc1. The van der Waals surface area contributed by atoms with Crippen LogP contribution in [0.15, 0.2) is 99.1 Å². The van der Waals surface area contributed by atoms with E-state index in [0.29, 0.717) is 28.7 Å². The number of esters is 1. The molecule has 2 aliphatic heterocycles. The van der Waals surface area contributed by atoms with Gasteiger partial charge in [0.15, 0.2) is 5.17 Å². The monoisotopic (exact) mass is 513 g/mol. The number of aryl methyl sites for hydroxylation is 1. The summed E-state index contributed by atoms with van der Waals surface area (Å²) in [5.41, 5.74) is 4.66. The summed E-state index contributed by atoms with van der Waals surface area (Å²) in [5.74, 6) is 0.108. The Kier molecular flexibility index (Phi) is 7.28. The molecular weight excluding hydrogens is 486 g/mol. The molecule has 5 rings (SSSR count). The number of nitrogens with one attached hydrogen (secondary N) is 1. The standard InChI is InChI=1S/C29H27N3O4S/c1-3-35-28(34)25-26(20-8-5-4-6-9-20)31-29-32(27(25)21-13-11-19(2)12-14-21)22(18-37-29)16-24(33)30-17-23-10-7-15-36-23/h4-15,18,27H,3,16-17H2,1-2H3,(H,30,33)/t27-/m0/s1. The maximum Gasteiger partial charge on any atom is 0.338 e. The molecule has 3 heterocycles. The highest BCUT2D eigenvalue weighted by atomic mass is 32.2. The number of hydrogen-bond donors (Lipinski definition) is 1. The Bertz CT molecular complexity index is 1380. The maximum absolute atomic E-state index is 13.5. The summed E-state index contributed by atoms with van der Waals surface area (Å²) < 4.78 is 10.9. The number of ether oxygens (including phenoxy) is 1. The maximum atomic E-state index is 13.5. The summed E-state index contributed by atoms with van der Waals surface area (Å²) in [6.45, 7) is 4.36. The van der Waals surface area contributed by atoms with Crippen LogP contribution in [0.25, 0.3) is 5.70 Å². The number of aliphatic imine (C=N–C) groups is 1. The van der Waals surface area contributed by atoms with Crippen molar-refractivity contribution in [2.45, 2.75) is 32.9 Å². The van der Waals surface area contributed by atoms with Crippen LogP contribution in [0.2, 0.25) is 0 Å². The highest BCUT2D eigenvalue weighted by Gasteiger charge is 2.42. The molecule has 2 aromatic carbocycles. The quantitative estimate of drug-likeness (QED) is 0.397. The summed E-state index contributed by atoms with van der Waals surface area (Å²) in [6, 6.07) is 20.8. The van der Waals surface area contributed by atoms with Crippen LogP contribution in [0, 0.1) is 6.92 Å². The molecule has 0 unspecified atom stereocenters. The van der Waals surface area contributed by atoms with Crippen molar-refractivity contribution in [3.8, 4) is 0 Å². The highest BCUT2D eigenvalue weighted by Crippen LogP contribution is 2.47. The number of furan rings is 1. The number of fused-ring (bicyclic) bond motifs is 1. The van der Waals surface area contributed by atoms with Crippen molar-refractivity contribution in [3.63, 3.8) is 0 Å². The van der Waals surface area contributed by atoms with Gasteiger partial charge in [-0.25, -0.2) is 9.79 Å². The van der Waals surface area contributed by atoms with Gasteiger partial charge < -0.3 is 19.4 Å². The summed E-state index contributed by atoms with van der Waals surface area (Å²) in [4.78, 5) is 33.3. The van der Waals surface area contributed by atoms with Crippen LogP contribution in [0.4, 0.5) is 0 Å². The van der Waals surface area contributed by atoms with Crippen molar-refractivity contribution in [1.29, 1.82) is 0 Å². The van der Waals surface area contributed by atoms with Crippen molar-refractivity contribution in [1.82, 2.24) is 10.2 Å². The number of amidine groups is 1. The second-order valence-electron chi connectivity index (χ2n) is 8.69. The van der Waals surface area contributed by atoms with Gasteiger partial charge in [0.25, 0.3) is 0 Å². The van der Waals surface area contributed by atoms with Gasteiger partial charge in [0.2, 0.25) is 5.91 Å². The fourth-order valence-corrected chi connectivity index (χ4v) is 5.30. The summed E-state index contributed by atoms with van der Waals surface area (Å²) >= 11 is 1.45. The van der Waals surface area contributed by atoms with Crippen LogP contribution in [-0.4, -0.2) is 28.6 Å². The third-order valence-electron chi connectivity index (χ3n) is 6.13. The second-order valence-corrected chi connectivity index (χ2v) is 9.52. The third-order valence-corrected chi connectivity index (χ3v) is 7.02. The molecule has 0 aliphatic carbocycles. The molecule has 0 saturated heterocycles. The highest BCUT2D eigenvalue weighted by molar-refractivity contribution is 8.16. The molecule has 7 nitrogen and oxygen atoms in total. The Morgan fingerprint density at radius 1 is 1.08 bits per heavy atom. The summed E-state index contributed by atoms with van der Waals surface area (Å²) in [7, 11) is 0. The molecule has 0 radical (unpaired) electrons. The molecule has 0 bridgehead atoms. The molecule has 0 fully saturated rings. The molecule has 188 valence electrons. The van der Waals surface area contributed by atoms with Gasteiger partial charge in [-0.1, -0.05) is 71.9 Å². The summed E-state index contributed by atoms with van der Waals surface area (Å²) in [5, 5.41) is 5.55. The second kappa shape index (κ2) is 10.9. The molecule has 1 N–H and O–H groups in total. The van der Waals surface area contributed by atoms with Crippen molar-refractivity contribution in [2.24, 2.45) is 4.99 Å². The first kappa shape index (κ1) is 24.6. The van der Waals surface area contributed by atoms with E-state index < -0.39 is 12.0 Å². The number of carbonyl (C=O) groups is 2. The normalized spacial score (nSPS) is 16.7. The average molecular weight is 514 g/mol. The predicted octanol–water partition coefficient (Wildman–Crippen LogP) is 5.57. The van der Waals surface area contributed by atoms with Crippen LogP contribution >= 0.6 is 11.8 Å². The van der Waals surface area contributed by atoms with Crippen LogP contribution < -0.4 is 5.32 Å². The fraction of sp³-hybridized carbons (Fsp3) is 0.207. The molecular formula is C29H27N3O4S. The molecule has 3 aromatic rings. The smallest absolute Gasteiger partial charge is 0.338 e. The van der Waals surface area contributed by atoms with E-state index >= 15 is 0 Å². The van der Waals surface area contributed by atoms with E-state index in [4.69, 9.17) is 14.1 Å². The Morgan fingerprint density at radius 2 is 1.86 bits per heavy atom. The largest absolute Gasteiger partial charge is 0.467 e. The van der Waals surface area contributed by atoms with E-state index in [2.05, 4.69) is 5.32 Å². The van der Waals surface area contributed by atoms with Crippen LogP contribution in [0.5, 0.6) is 0 Å². The minimum Gasteiger partial charge on any atom is -0.467 e.